The number of thioether (sulfide) groups is 1. The Morgan fingerprint density at radius 1 is 1.15 bits per heavy atom. The maximum absolute atomic E-state index is 11.3. The number of hydrogen-bond donors (Lipinski definition) is 3. The first-order valence-corrected chi connectivity index (χ1v) is 7.03. The normalized spacial score (nSPS) is 9.50. The summed E-state index contributed by atoms with van der Waals surface area (Å²) in [6.07, 6.45) is 0. The smallest absolute Gasteiger partial charge is 0.239 e. The fourth-order valence-electron chi connectivity index (χ4n) is 1.31. The highest BCUT2D eigenvalue weighted by Gasteiger charge is 2.03. The third kappa shape index (κ3) is 8.04. The summed E-state index contributed by atoms with van der Waals surface area (Å²) in [7, 11) is 0. The molecule has 7 heteroatoms. The van der Waals surface area contributed by atoms with Gasteiger partial charge in [-0.05, 0) is 19.1 Å². The lowest BCUT2D eigenvalue weighted by Crippen LogP contribution is -2.40. The van der Waals surface area contributed by atoms with Gasteiger partial charge in [0.2, 0.25) is 11.8 Å². The Hall–Kier alpha value is -1.24. The summed E-state index contributed by atoms with van der Waals surface area (Å²) in [6, 6.07) is 8.24. The molecule has 0 aliphatic rings. The largest absolute Gasteiger partial charge is 0.354 e. The van der Waals surface area contributed by atoms with Crippen LogP contribution < -0.4 is 16.4 Å². The number of nitrogens with two attached hydrogens (primary N) is 1. The number of carbonyl (C=O) groups excluding carboxylic acids is 2. The molecule has 0 fully saturated rings. The van der Waals surface area contributed by atoms with E-state index in [-0.39, 0.29) is 37.3 Å². The van der Waals surface area contributed by atoms with E-state index >= 15 is 0 Å². The number of carbonyl (C=O) groups is 2. The van der Waals surface area contributed by atoms with Crippen LogP contribution in [0.1, 0.15) is 5.56 Å². The molecule has 5 nitrogen and oxygen atoms in total. The molecular formula is C13H20ClN3O2S. The van der Waals surface area contributed by atoms with E-state index in [9.17, 15) is 9.59 Å². The third-order valence-electron chi connectivity index (χ3n) is 2.35. The van der Waals surface area contributed by atoms with Crippen molar-refractivity contribution in [2.75, 3.05) is 25.4 Å². The SMILES string of the molecule is Cc1ccc(SCCNC(=O)CNC(=O)CN)cc1.Cl. The van der Waals surface area contributed by atoms with Gasteiger partial charge in [-0.2, -0.15) is 0 Å². The summed E-state index contributed by atoms with van der Waals surface area (Å²) in [4.78, 5) is 23.4. The molecule has 0 aliphatic heterocycles. The van der Waals surface area contributed by atoms with E-state index < -0.39 is 0 Å². The van der Waals surface area contributed by atoms with Gasteiger partial charge in [-0.25, -0.2) is 0 Å². The first-order chi connectivity index (χ1) is 9.11. The van der Waals surface area contributed by atoms with Gasteiger partial charge in [-0.15, -0.1) is 24.2 Å². The van der Waals surface area contributed by atoms with Crippen molar-refractivity contribution in [1.29, 1.82) is 0 Å². The maximum atomic E-state index is 11.3. The van der Waals surface area contributed by atoms with Crippen molar-refractivity contribution < 1.29 is 9.59 Å². The quantitative estimate of drug-likeness (QED) is 0.510. The monoisotopic (exact) mass is 317 g/mol. The second-order valence-corrected chi connectivity index (χ2v) is 5.16. The predicted octanol–water partition coefficient (Wildman–Crippen LogP) is 0.700. The topological polar surface area (TPSA) is 84.2 Å². The molecule has 1 aromatic carbocycles. The van der Waals surface area contributed by atoms with Gasteiger partial charge in [0.1, 0.15) is 0 Å². The summed E-state index contributed by atoms with van der Waals surface area (Å²) in [6.45, 7) is 2.49. The molecule has 1 rings (SSSR count). The fourth-order valence-corrected chi connectivity index (χ4v) is 2.08. The van der Waals surface area contributed by atoms with Gasteiger partial charge in [0.15, 0.2) is 0 Å². The van der Waals surface area contributed by atoms with E-state index in [0.29, 0.717) is 6.54 Å². The van der Waals surface area contributed by atoms with Gasteiger partial charge in [0.05, 0.1) is 13.1 Å². The van der Waals surface area contributed by atoms with Crippen molar-refractivity contribution in [2.24, 2.45) is 5.73 Å². The molecule has 0 radical (unpaired) electrons. The Balaban J connectivity index is 0.00000361. The second kappa shape index (κ2) is 10.5. The van der Waals surface area contributed by atoms with E-state index in [4.69, 9.17) is 5.73 Å². The van der Waals surface area contributed by atoms with Crippen molar-refractivity contribution in [3.05, 3.63) is 29.8 Å². The van der Waals surface area contributed by atoms with Crippen LogP contribution >= 0.6 is 24.2 Å². The summed E-state index contributed by atoms with van der Waals surface area (Å²) < 4.78 is 0. The summed E-state index contributed by atoms with van der Waals surface area (Å²) in [5, 5.41) is 5.14. The van der Waals surface area contributed by atoms with Crippen LogP contribution in [0.5, 0.6) is 0 Å². The highest BCUT2D eigenvalue weighted by atomic mass is 35.5. The van der Waals surface area contributed by atoms with E-state index in [2.05, 4.69) is 34.9 Å². The molecule has 1 aromatic rings. The maximum Gasteiger partial charge on any atom is 0.239 e. The van der Waals surface area contributed by atoms with Crippen LogP contribution in [0.15, 0.2) is 29.2 Å². The number of rotatable bonds is 7. The van der Waals surface area contributed by atoms with Crippen LogP contribution in [0, 0.1) is 6.92 Å². The van der Waals surface area contributed by atoms with Gasteiger partial charge in [0, 0.05) is 17.2 Å². The summed E-state index contributed by atoms with van der Waals surface area (Å²) in [5.41, 5.74) is 6.34. The van der Waals surface area contributed by atoms with Gasteiger partial charge in [-0.3, -0.25) is 9.59 Å². The molecule has 0 spiro atoms. The second-order valence-electron chi connectivity index (χ2n) is 3.99. The van der Waals surface area contributed by atoms with Crippen LogP contribution in [0.25, 0.3) is 0 Å². The average Bonchev–Trinajstić information content (AvgIpc) is 2.42. The molecule has 20 heavy (non-hydrogen) atoms. The fraction of sp³-hybridized carbons (Fsp3) is 0.385. The zero-order valence-corrected chi connectivity index (χ0v) is 13.0. The van der Waals surface area contributed by atoms with Crippen LogP contribution in [0.3, 0.4) is 0 Å². The van der Waals surface area contributed by atoms with E-state index in [1.54, 1.807) is 11.8 Å². The summed E-state index contributed by atoms with van der Waals surface area (Å²) in [5.74, 6) is 0.259. The standard InChI is InChI=1S/C13H19N3O2S.ClH/c1-10-2-4-11(5-3-10)19-7-6-15-13(18)9-16-12(17)8-14;/h2-5H,6-9,14H2,1H3,(H,15,18)(H,16,17);1H. The average molecular weight is 318 g/mol. The number of benzene rings is 1. The van der Waals surface area contributed by atoms with Gasteiger partial charge < -0.3 is 16.4 Å². The Morgan fingerprint density at radius 3 is 2.40 bits per heavy atom. The zero-order chi connectivity index (χ0) is 14.1. The number of nitrogens with one attached hydrogen (secondary N) is 2. The number of hydrogen-bond acceptors (Lipinski definition) is 4. The van der Waals surface area contributed by atoms with Crippen LogP contribution in [-0.2, 0) is 9.59 Å². The minimum atomic E-state index is -0.329. The van der Waals surface area contributed by atoms with Crippen molar-refractivity contribution in [2.45, 2.75) is 11.8 Å². The molecule has 112 valence electrons. The molecule has 4 N–H and O–H groups in total. The molecule has 0 unspecified atom stereocenters. The minimum absolute atomic E-state index is 0. The third-order valence-corrected chi connectivity index (χ3v) is 3.36. The van der Waals surface area contributed by atoms with E-state index in [0.717, 1.165) is 5.75 Å². The molecule has 0 saturated heterocycles. The molecule has 0 aliphatic carbocycles. The molecule has 0 heterocycles. The predicted molar refractivity (Wildman–Crippen MR) is 84.2 cm³/mol. The lowest BCUT2D eigenvalue weighted by Gasteiger charge is -2.06. The Morgan fingerprint density at radius 2 is 1.80 bits per heavy atom. The van der Waals surface area contributed by atoms with Crippen LogP contribution in [-0.4, -0.2) is 37.2 Å². The summed E-state index contributed by atoms with van der Waals surface area (Å²) >= 11 is 1.68. The van der Waals surface area contributed by atoms with Gasteiger partial charge in [-0.1, -0.05) is 17.7 Å². The first kappa shape index (κ1) is 18.8. The zero-order valence-electron chi connectivity index (χ0n) is 11.3. The van der Waals surface area contributed by atoms with Crippen molar-refractivity contribution in [3.8, 4) is 0 Å². The number of aryl methyl sites for hydroxylation is 1. The lowest BCUT2D eigenvalue weighted by molar-refractivity contribution is -0.125. The van der Waals surface area contributed by atoms with Crippen molar-refractivity contribution in [3.63, 3.8) is 0 Å². The van der Waals surface area contributed by atoms with Crippen molar-refractivity contribution in [1.82, 2.24) is 10.6 Å². The molecule has 0 saturated carbocycles. The van der Waals surface area contributed by atoms with Crippen molar-refractivity contribution >= 4 is 36.0 Å². The van der Waals surface area contributed by atoms with E-state index in [1.807, 2.05) is 6.92 Å². The first-order valence-electron chi connectivity index (χ1n) is 6.04. The highest BCUT2D eigenvalue weighted by molar-refractivity contribution is 7.99. The Kier molecular flexibility index (Phi) is 9.88. The van der Waals surface area contributed by atoms with Crippen LogP contribution in [0.4, 0.5) is 0 Å². The number of amides is 2. The Labute approximate surface area is 129 Å². The molecule has 2 amide bonds. The number of halogens is 1. The molecule has 0 atom stereocenters. The minimum Gasteiger partial charge on any atom is -0.354 e. The van der Waals surface area contributed by atoms with Gasteiger partial charge in [0.25, 0.3) is 0 Å². The Bertz CT molecular complexity index is 426. The lowest BCUT2D eigenvalue weighted by atomic mass is 10.2. The van der Waals surface area contributed by atoms with E-state index in [1.165, 1.54) is 10.5 Å². The highest BCUT2D eigenvalue weighted by Crippen LogP contribution is 2.17. The molecule has 0 bridgehead atoms. The van der Waals surface area contributed by atoms with Crippen LogP contribution in [0.2, 0.25) is 0 Å². The molecular weight excluding hydrogens is 298 g/mol. The van der Waals surface area contributed by atoms with Gasteiger partial charge >= 0.3 is 0 Å². The molecule has 0 aromatic heterocycles.